The zero-order chi connectivity index (χ0) is 13.8. The summed E-state index contributed by atoms with van der Waals surface area (Å²) in [6, 6.07) is 12.6. The van der Waals surface area contributed by atoms with E-state index < -0.39 is 0 Å². The molecule has 0 aliphatic rings. The molecule has 0 aliphatic heterocycles. The van der Waals surface area contributed by atoms with Gasteiger partial charge in [-0.2, -0.15) is 0 Å². The van der Waals surface area contributed by atoms with Crippen molar-refractivity contribution in [3.05, 3.63) is 67.2 Å². The number of carbonyl (C=O) groups is 1. The number of carbonyl (C=O) groups excluding carboxylic acids is 1. The number of amides is 1. The molecule has 0 aromatic heterocycles. The maximum Gasteiger partial charge on any atom is 0.251 e. The number of hydrogen-bond donors (Lipinski definition) is 1. The molecule has 2 aromatic carbocycles. The van der Waals surface area contributed by atoms with E-state index in [0.717, 1.165) is 9.13 Å². The van der Waals surface area contributed by atoms with Gasteiger partial charge in [0.2, 0.25) is 0 Å². The van der Waals surface area contributed by atoms with Crippen molar-refractivity contribution in [3.63, 3.8) is 0 Å². The van der Waals surface area contributed by atoms with Crippen LogP contribution < -0.4 is 5.32 Å². The maximum absolute atomic E-state index is 11.9. The summed E-state index contributed by atoms with van der Waals surface area (Å²) in [6.45, 7) is 0.376. The van der Waals surface area contributed by atoms with E-state index in [4.69, 9.17) is 23.2 Å². The average molecular weight is 406 g/mol. The van der Waals surface area contributed by atoms with Gasteiger partial charge in [0.15, 0.2) is 0 Å². The fraction of sp³-hybridized carbons (Fsp3) is 0.0714. The molecule has 5 heteroatoms. The van der Waals surface area contributed by atoms with Gasteiger partial charge in [0.05, 0.1) is 0 Å². The SMILES string of the molecule is O=C(NCc1ccc(Cl)cc1Cl)c1ccc(I)cc1. The minimum Gasteiger partial charge on any atom is -0.348 e. The summed E-state index contributed by atoms with van der Waals surface area (Å²) < 4.78 is 1.09. The lowest BCUT2D eigenvalue weighted by Gasteiger charge is -2.07. The highest BCUT2D eigenvalue weighted by Crippen LogP contribution is 2.20. The first-order valence-electron chi connectivity index (χ1n) is 5.54. The van der Waals surface area contributed by atoms with Crippen molar-refractivity contribution in [1.82, 2.24) is 5.32 Å². The summed E-state index contributed by atoms with van der Waals surface area (Å²) in [5.41, 5.74) is 1.47. The van der Waals surface area contributed by atoms with Crippen LogP contribution in [0.1, 0.15) is 15.9 Å². The van der Waals surface area contributed by atoms with E-state index in [9.17, 15) is 4.79 Å². The summed E-state index contributed by atoms with van der Waals surface area (Å²) in [5, 5.41) is 3.96. The molecule has 0 spiro atoms. The van der Waals surface area contributed by atoms with Crippen LogP contribution in [0.4, 0.5) is 0 Å². The number of benzene rings is 2. The third-order valence-corrected chi connectivity index (χ3v) is 3.87. The van der Waals surface area contributed by atoms with Gasteiger partial charge in [-0.1, -0.05) is 29.3 Å². The van der Waals surface area contributed by atoms with E-state index >= 15 is 0 Å². The molecule has 0 unspecified atom stereocenters. The first kappa shape index (κ1) is 14.6. The molecular weight excluding hydrogens is 396 g/mol. The molecule has 0 fully saturated rings. The fourth-order valence-corrected chi connectivity index (χ4v) is 2.38. The summed E-state index contributed by atoms with van der Waals surface area (Å²) in [6.07, 6.45) is 0. The molecule has 2 nitrogen and oxygen atoms in total. The van der Waals surface area contributed by atoms with Crippen molar-refractivity contribution in [1.29, 1.82) is 0 Å². The Bertz CT molecular complexity index is 599. The van der Waals surface area contributed by atoms with Crippen LogP contribution in [0.3, 0.4) is 0 Å². The Labute approximate surface area is 135 Å². The zero-order valence-electron chi connectivity index (χ0n) is 9.79. The zero-order valence-corrected chi connectivity index (χ0v) is 13.5. The van der Waals surface area contributed by atoms with Crippen molar-refractivity contribution in [3.8, 4) is 0 Å². The van der Waals surface area contributed by atoms with Gasteiger partial charge >= 0.3 is 0 Å². The number of hydrogen-bond acceptors (Lipinski definition) is 1. The van der Waals surface area contributed by atoms with Gasteiger partial charge in [-0.05, 0) is 64.6 Å². The number of halogens is 3. The number of rotatable bonds is 3. The second-order valence-electron chi connectivity index (χ2n) is 3.93. The molecule has 0 heterocycles. The lowest BCUT2D eigenvalue weighted by atomic mass is 10.2. The lowest BCUT2D eigenvalue weighted by molar-refractivity contribution is 0.0951. The quantitative estimate of drug-likeness (QED) is 0.747. The topological polar surface area (TPSA) is 29.1 Å². The molecular formula is C14H10Cl2INO. The summed E-state index contributed by atoms with van der Waals surface area (Å²) >= 11 is 14.1. The van der Waals surface area contributed by atoms with Crippen LogP contribution in [0.5, 0.6) is 0 Å². The Morgan fingerprint density at radius 2 is 1.79 bits per heavy atom. The normalized spacial score (nSPS) is 10.3. The fourth-order valence-electron chi connectivity index (χ4n) is 1.54. The van der Waals surface area contributed by atoms with Crippen molar-refractivity contribution in [2.24, 2.45) is 0 Å². The lowest BCUT2D eigenvalue weighted by Crippen LogP contribution is -2.22. The second kappa shape index (κ2) is 6.59. The molecule has 2 aromatic rings. The Morgan fingerprint density at radius 3 is 2.42 bits per heavy atom. The Morgan fingerprint density at radius 1 is 1.11 bits per heavy atom. The summed E-state index contributed by atoms with van der Waals surface area (Å²) in [4.78, 5) is 11.9. The van der Waals surface area contributed by atoms with Crippen LogP contribution in [0.2, 0.25) is 10.0 Å². The molecule has 1 N–H and O–H groups in total. The van der Waals surface area contributed by atoms with E-state index in [1.165, 1.54) is 0 Å². The standard InChI is InChI=1S/C14H10Cl2INO/c15-11-4-1-10(13(16)7-11)8-18-14(19)9-2-5-12(17)6-3-9/h1-7H,8H2,(H,18,19). The molecule has 0 saturated heterocycles. The van der Waals surface area contributed by atoms with Gasteiger partial charge in [-0.25, -0.2) is 0 Å². The minimum absolute atomic E-state index is 0.123. The first-order chi connectivity index (χ1) is 9.06. The molecule has 0 radical (unpaired) electrons. The Balaban J connectivity index is 2.02. The van der Waals surface area contributed by atoms with Gasteiger partial charge in [-0.3, -0.25) is 4.79 Å². The smallest absolute Gasteiger partial charge is 0.251 e. The molecule has 0 saturated carbocycles. The van der Waals surface area contributed by atoms with Crippen LogP contribution in [0, 0.1) is 3.57 Å². The van der Waals surface area contributed by atoms with Crippen LogP contribution in [-0.4, -0.2) is 5.91 Å². The van der Waals surface area contributed by atoms with Crippen molar-refractivity contribution in [2.45, 2.75) is 6.54 Å². The maximum atomic E-state index is 11.9. The van der Waals surface area contributed by atoms with Crippen molar-refractivity contribution >= 4 is 51.7 Å². The minimum atomic E-state index is -0.123. The molecule has 0 aliphatic carbocycles. The van der Waals surface area contributed by atoms with Crippen LogP contribution in [-0.2, 0) is 6.54 Å². The van der Waals surface area contributed by atoms with E-state index in [1.54, 1.807) is 30.3 Å². The van der Waals surface area contributed by atoms with Gasteiger partial charge in [0.25, 0.3) is 5.91 Å². The number of nitrogens with one attached hydrogen (secondary N) is 1. The monoisotopic (exact) mass is 405 g/mol. The van der Waals surface area contributed by atoms with Crippen LogP contribution in [0.15, 0.2) is 42.5 Å². The Hall–Kier alpha value is -0.780. The predicted octanol–water partition coefficient (Wildman–Crippen LogP) is 4.53. The third-order valence-electron chi connectivity index (χ3n) is 2.56. The molecule has 98 valence electrons. The van der Waals surface area contributed by atoms with Gasteiger partial charge in [-0.15, -0.1) is 0 Å². The predicted molar refractivity (Wildman–Crippen MR) is 86.8 cm³/mol. The van der Waals surface area contributed by atoms with Gasteiger partial charge < -0.3 is 5.32 Å². The van der Waals surface area contributed by atoms with E-state index in [0.29, 0.717) is 22.2 Å². The van der Waals surface area contributed by atoms with Crippen LogP contribution in [0.25, 0.3) is 0 Å². The summed E-state index contributed by atoms with van der Waals surface area (Å²) in [7, 11) is 0. The van der Waals surface area contributed by atoms with Crippen molar-refractivity contribution in [2.75, 3.05) is 0 Å². The molecule has 2 rings (SSSR count). The highest BCUT2D eigenvalue weighted by molar-refractivity contribution is 14.1. The second-order valence-corrected chi connectivity index (χ2v) is 6.01. The van der Waals surface area contributed by atoms with E-state index in [2.05, 4.69) is 27.9 Å². The van der Waals surface area contributed by atoms with Gasteiger partial charge in [0.1, 0.15) is 0 Å². The first-order valence-corrected chi connectivity index (χ1v) is 7.37. The van der Waals surface area contributed by atoms with E-state index in [1.807, 2.05) is 12.1 Å². The van der Waals surface area contributed by atoms with Gasteiger partial charge in [0, 0.05) is 25.7 Å². The molecule has 19 heavy (non-hydrogen) atoms. The highest BCUT2D eigenvalue weighted by Gasteiger charge is 2.06. The highest BCUT2D eigenvalue weighted by atomic mass is 127. The molecule has 0 bridgehead atoms. The van der Waals surface area contributed by atoms with E-state index in [-0.39, 0.29) is 5.91 Å². The van der Waals surface area contributed by atoms with Crippen LogP contribution >= 0.6 is 45.8 Å². The average Bonchev–Trinajstić information content (AvgIpc) is 2.38. The molecule has 1 amide bonds. The summed E-state index contributed by atoms with van der Waals surface area (Å²) in [5.74, 6) is -0.123. The Kier molecular flexibility index (Phi) is 5.07. The third kappa shape index (κ3) is 4.09. The molecule has 0 atom stereocenters. The largest absolute Gasteiger partial charge is 0.348 e. The van der Waals surface area contributed by atoms with Crippen molar-refractivity contribution < 1.29 is 4.79 Å².